The molecule has 3 aromatic rings. The molecule has 0 aliphatic rings. The molecule has 0 radical (unpaired) electrons. The van der Waals surface area contributed by atoms with E-state index in [4.69, 9.17) is 20.6 Å². The second kappa shape index (κ2) is 8.09. The number of carbonyl (C=O) groups is 1. The van der Waals surface area contributed by atoms with E-state index in [1.54, 1.807) is 6.20 Å². The minimum atomic E-state index is 0. The van der Waals surface area contributed by atoms with Crippen LogP contribution in [-0.2, 0) is 6.61 Å². The van der Waals surface area contributed by atoms with Crippen LogP contribution in [0.5, 0.6) is 11.6 Å². The predicted octanol–water partition coefficient (Wildman–Crippen LogP) is 3.23. The molecule has 7 heteroatoms. The molecule has 7 nitrogen and oxygen atoms in total. The van der Waals surface area contributed by atoms with Gasteiger partial charge in [0.2, 0.25) is 5.88 Å². The topological polar surface area (TPSA) is 111 Å². The molecule has 3 rings (SSSR count). The third kappa shape index (κ3) is 3.77. The van der Waals surface area contributed by atoms with Crippen molar-refractivity contribution in [3.63, 3.8) is 0 Å². The second-order valence-corrected chi connectivity index (χ2v) is 5.63. The highest BCUT2D eigenvalue weighted by molar-refractivity contribution is 5.90. The van der Waals surface area contributed by atoms with E-state index in [1.165, 1.54) is 25.4 Å². The summed E-state index contributed by atoms with van der Waals surface area (Å²) < 4.78 is 10.9. The van der Waals surface area contributed by atoms with Crippen LogP contribution in [0.15, 0.2) is 48.8 Å². The smallest absolute Gasteiger partial charge is 0.213 e. The Morgan fingerprint density at radius 3 is 2.85 bits per heavy atom. The second-order valence-electron chi connectivity index (χ2n) is 5.63. The number of fused-ring (bicyclic) bond motifs is 1. The number of aromatic nitrogens is 2. The Kier molecular flexibility index (Phi) is 5.41. The summed E-state index contributed by atoms with van der Waals surface area (Å²) in [6.45, 7) is 0.130. The van der Waals surface area contributed by atoms with Crippen molar-refractivity contribution in [2.45, 2.75) is 6.61 Å². The van der Waals surface area contributed by atoms with Gasteiger partial charge in [0.1, 0.15) is 12.4 Å². The standard InChI is InChI=1S/C20H18N4O3.H2/c1-26-19-8-14(11-25)18(10-23-19)27-12-16-15-5-3-2-4-13(15)9-24-20(16)17(22)6-7-21;/h2-11,21H,12,22H2,1H3;1H/b17-6-,21-7?;. The number of rotatable bonds is 7. The Balaban J connectivity index is 0.00000280. The van der Waals surface area contributed by atoms with Crippen LogP contribution in [0.3, 0.4) is 0 Å². The molecule has 0 bridgehead atoms. The number of aldehydes is 1. The van der Waals surface area contributed by atoms with Crippen molar-refractivity contribution >= 4 is 29.0 Å². The van der Waals surface area contributed by atoms with Gasteiger partial charge < -0.3 is 20.6 Å². The summed E-state index contributed by atoms with van der Waals surface area (Å²) in [6, 6.07) is 9.23. The number of benzene rings is 1. The first-order valence-electron chi connectivity index (χ1n) is 8.13. The largest absolute Gasteiger partial charge is 0.486 e. The van der Waals surface area contributed by atoms with Crippen molar-refractivity contribution in [2.75, 3.05) is 7.11 Å². The number of nitrogens with zero attached hydrogens (tertiary/aromatic N) is 2. The molecule has 0 amide bonds. The Morgan fingerprint density at radius 1 is 1.30 bits per heavy atom. The van der Waals surface area contributed by atoms with Gasteiger partial charge in [0, 0.05) is 30.9 Å². The lowest BCUT2D eigenvalue weighted by Gasteiger charge is -2.14. The number of ether oxygens (including phenoxy) is 2. The summed E-state index contributed by atoms with van der Waals surface area (Å²) >= 11 is 0. The monoisotopic (exact) mass is 364 g/mol. The Bertz CT molecular complexity index is 1040. The fourth-order valence-electron chi connectivity index (χ4n) is 2.70. The molecule has 2 heterocycles. The maximum atomic E-state index is 11.3. The zero-order valence-electron chi connectivity index (χ0n) is 14.7. The Morgan fingerprint density at radius 2 is 2.11 bits per heavy atom. The Labute approximate surface area is 157 Å². The normalized spacial score (nSPS) is 11.2. The number of hydrogen-bond acceptors (Lipinski definition) is 7. The van der Waals surface area contributed by atoms with Gasteiger partial charge in [-0.1, -0.05) is 24.3 Å². The lowest BCUT2D eigenvalue weighted by molar-refractivity contribution is 0.111. The van der Waals surface area contributed by atoms with Gasteiger partial charge >= 0.3 is 0 Å². The quantitative estimate of drug-likeness (QED) is 0.492. The lowest BCUT2D eigenvalue weighted by atomic mass is 10.0. The molecule has 27 heavy (non-hydrogen) atoms. The van der Waals surface area contributed by atoms with E-state index in [-0.39, 0.29) is 8.03 Å². The first kappa shape index (κ1) is 18.1. The van der Waals surface area contributed by atoms with Crippen LogP contribution in [-0.4, -0.2) is 29.6 Å². The van der Waals surface area contributed by atoms with Gasteiger partial charge in [-0.3, -0.25) is 9.78 Å². The summed E-state index contributed by atoms with van der Waals surface area (Å²) in [5.41, 5.74) is 8.05. The molecule has 1 aromatic carbocycles. The summed E-state index contributed by atoms with van der Waals surface area (Å²) in [4.78, 5) is 19.9. The Hall–Kier alpha value is -3.74. The summed E-state index contributed by atoms with van der Waals surface area (Å²) in [6.07, 6.45) is 6.43. The third-order valence-electron chi connectivity index (χ3n) is 4.02. The summed E-state index contributed by atoms with van der Waals surface area (Å²) in [5, 5.41) is 9.11. The van der Waals surface area contributed by atoms with Crippen LogP contribution in [0, 0.1) is 5.41 Å². The van der Waals surface area contributed by atoms with Crippen LogP contribution in [0.1, 0.15) is 23.0 Å². The van der Waals surface area contributed by atoms with Crippen molar-refractivity contribution in [1.29, 1.82) is 5.41 Å². The van der Waals surface area contributed by atoms with Crippen molar-refractivity contribution in [2.24, 2.45) is 5.73 Å². The van der Waals surface area contributed by atoms with Crippen molar-refractivity contribution < 1.29 is 15.7 Å². The van der Waals surface area contributed by atoms with Gasteiger partial charge in [0.05, 0.1) is 30.3 Å². The number of nitrogens with one attached hydrogen (secondary N) is 1. The number of methoxy groups -OCH3 is 1. The molecule has 0 aliphatic carbocycles. The van der Waals surface area contributed by atoms with Crippen LogP contribution in [0.4, 0.5) is 0 Å². The molecular formula is C20H20N4O3. The fourth-order valence-corrected chi connectivity index (χ4v) is 2.70. The first-order chi connectivity index (χ1) is 13.2. The van der Waals surface area contributed by atoms with E-state index in [1.807, 2.05) is 24.3 Å². The zero-order valence-corrected chi connectivity index (χ0v) is 14.7. The van der Waals surface area contributed by atoms with Crippen molar-refractivity contribution in [1.82, 2.24) is 9.97 Å². The van der Waals surface area contributed by atoms with Gasteiger partial charge in [-0.2, -0.15) is 0 Å². The molecule has 0 fully saturated rings. The van der Waals surface area contributed by atoms with E-state index in [2.05, 4.69) is 9.97 Å². The van der Waals surface area contributed by atoms with E-state index < -0.39 is 0 Å². The highest BCUT2D eigenvalue weighted by atomic mass is 16.5. The van der Waals surface area contributed by atoms with E-state index in [0.717, 1.165) is 22.6 Å². The number of allylic oxidation sites excluding steroid dienone is 1. The molecule has 0 saturated carbocycles. The number of hydrogen-bond donors (Lipinski definition) is 2. The minimum Gasteiger partial charge on any atom is -0.486 e. The average Bonchev–Trinajstić information content (AvgIpc) is 2.71. The summed E-state index contributed by atoms with van der Waals surface area (Å²) in [5.74, 6) is 0.661. The van der Waals surface area contributed by atoms with Crippen LogP contribution in [0.25, 0.3) is 16.5 Å². The van der Waals surface area contributed by atoms with E-state index in [9.17, 15) is 4.79 Å². The molecule has 0 spiro atoms. The highest BCUT2D eigenvalue weighted by Crippen LogP contribution is 2.26. The van der Waals surface area contributed by atoms with Crippen LogP contribution >= 0.6 is 0 Å². The van der Waals surface area contributed by atoms with Crippen LogP contribution < -0.4 is 15.2 Å². The van der Waals surface area contributed by atoms with Gasteiger partial charge in [-0.15, -0.1) is 0 Å². The maximum absolute atomic E-state index is 11.3. The van der Waals surface area contributed by atoms with Gasteiger partial charge in [-0.05, 0) is 11.5 Å². The molecule has 3 N–H and O–H groups in total. The molecule has 138 valence electrons. The molecular weight excluding hydrogens is 344 g/mol. The van der Waals surface area contributed by atoms with Gasteiger partial charge in [0.15, 0.2) is 6.29 Å². The summed E-state index contributed by atoms with van der Waals surface area (Å²) in [7, 11) is 1.48. The SMILES string of the molecule is COc1cc(C=O)c(OCc2c(/C(N)=C/C=N)ncc3ccccc23)cn1.[HH]. The molecule has 0 unspecified atom stereocenters. The number of carbonyl (C=O) groups excluding carboxylic acids is 1. The van der Waals surface area contributed by atoms with Gasteiger partial charge in [-0.25, -0.2) is 4.98 Å². The number of nitrogens with two attached hydrogens (primary N) is 1. The first-order valence-corrected chi connectivity index (χ1v) is 8.13. The highest BCUT2D eigenvalue weighted by Gasteiger charge is 2.14. The van der Waals surface area contributed by atoms with Crippen molar-refractivity contribution in [3.05, 3.63) is 65.6 Å². The average molecular weight is 364 g/mol. The fraction of sp³-hybridized carbons (Fsp3) is 0.100. The molecule has 2 aromatic heterocycles. The molecule has 0 atom stereocenters. The van der Waals surface area contributed by atoms with Gasteiger partial charge in [0.25, 0.3) is 0 Å². The lowest BCUT2D eigenvalue weighted by Crippen LogP contribution is -2.08. The third-order valence-corrected chi connectivity index (χ3v) is 4.02. The number of pyridine rings is 2. The predicted molar refractivity (Wildman–Crippen MR) is 105 cm³/mol. The maximum Gasteiger partial charge on any atom is 0.213 e. The van der Waals surface area contributed by atoms with Crippen LogP contribution in [0.2, 0.25) is 0 Å². The zero-order chi connectivity index (χ0) is 19.2. The molecule has 0 saturated heterocycles. The molecule has 0 aliphatic heterocycles. The van der Waals surface area contributed by atoms with Crippen molar-refractivity contribution in [3.8, 4) is 11.6 Å². The minimum absolute atomic E-state index is 0. The van der Waals surface area contributed by atoms with E-state index >= 15 is 0 Å². The van der Waals surface area contributed by atoms with E-state index in [0.29, 0.717) is 34.9 Å².